The normalized spacial score (nSPS) is 12.3. The Morgan fingerprint density at radius 3 is 1.97 bits per heavy atom. The molecular formula is C16H13F6N5O2. The van der Waals surface area contributed by atoms with E-state index in [0.717, 1.165) is 21.5 Å². The Balaban J connectivity index is 1.71. The van der Waals surface area contributed by atoms with Gasteiger partial charge < -0.3 is 9.47 Å². The van der Waals surface area contributed by atoms with Crippen LogP contribution >= 0.6 is 0 Å². The first-order chi connectivity index (χ1) is 13.4. The smallest absolute Gasteiger partial charge is 0.435 e. The molecule has 0 bridgehead atoms. The molecule has 0 radical (unpaired) electrons. The van der Waals surface area contributed by atoms with Crippen molar-refractivity contribution in [3.8, 4) is 17.6 Å². The largest absolute Gasteiger partial charge is 0.471 e. The number of aromatic nitrogens is 5. The molecule has 0 N–H and O–H groups in total. The van der Waals surface area contributed by atoms with E-state index in [9.17, 15) is 26.3 Å². The molecule has 3 heterocycles. The maximum atomic E-state index is 12.7. The van der Waals surface area contributed by atoms with Crippen molar-refractivity contribution in [2.75, 3.05) is 0 Å². The van der Waals surface area contributed by atoms with Crippen molar-refractivity contribution in [3.63, 3.8) is 0 Å². The van der Waals surface area contributed by atoms with E-state index in [2.05, 4.69) is 15.2 Å². The summed E-state index contributed by atoms with van der Waals surface area (Å²) in [5.41, 5.74) is -1.95. The van der Waals surface area contributed by atoms with Gasteiger partial charge in [-0.2, -0.15) is 36.5 Å². The molecule has 0 unspecified atom stereocenters. The number of hydrogen-bond donors (Lipinski definition) is 0. The van der Waals surface area contributed by atoms with Crippen LogP contribution < -0.4 is 9.47 Å². The van der Waals surface area contributed by atoms with E-state index >= 15 is 0 Å². The molecule has 3 aromatic heterocycles. The van der Waals surface area contributed by atoms with Crippen LogP contribution in [0.1, 0.15) is 17.1 Å². The molecule has 0 saturated heterocycles. The molecule has 13 heteroatoms. The van der Waals surface area contributed by atoms with Crippen molar-refractivity contribution in [2.24, 2.45) is 14.1 Å². The molecule has 0 spiro atoms. The van der Waals surface area contributed by atoms with Gasteiger partial charge in [0.2, 0.25) is 17.6 Å². The van der Waals surface area contributed by atoms with Crippen LogP contribution in [0, 0.1) is 0 Å². The SMILES string of the molecule is Cn1nc(C(F)(F)F)cc1OCc1cccc(Oc2cc(C(F)(F)F)nn2C)n1. The molecule has 156 valence electrons. The zero-order chi connectivity index (χ0) is 21.4. The summed E-state index contributed by atoms with van der Waals surface area (Å²) in [5, 5.41) is 6.64. The highest BCUT2D eigenvalue weighted by molar-refractivity contribution is 5.25. The van der Waals surface area contributed by atoms with Gasteiger partial charge in [0.05, 0.1) is 5.69 Å². The van der Waals surface area contributed by atoms with E-state index in [0.29, 0.717) is 0 Å². The Morgan fingerprint density at radius 1 is 0.862 bits per heavy atom. The maximum absolute atomic E-state index is 12.7. The first-order valence-electron chi connectivity index (χ1n) is 7.92. The topological polar surface area (TPSA) is 67.0 Å². The molecule has 0 aliphatic heterocycles. The molecule has 3 aromatic rings. The third-order valence-corrected chi connectivity index (χ3v) is 3.61. The third kappa shape index (κ3) is 4.78. The molecule has 7 nitrogen and oxygen atoms in total. The predicted octanol–water partition coefficient (Wildman–Crippen LogP) is 3.96. The second-order valence-corrected chi connectivity index (χ2v) is 5.84. The first-order valence-corrected chi connectivity index (χ1v) is 7.92. The lowest BCUT2D eigenvalue weighted by molar-refractivity contribution is -0.142. The second kappa shape index (κ2) is 7.29. The fourth-order valence-corrected chi connectivity index (χ4v) is 2.26. The third-order valence-electron chi connectivity index (χ3n) is 3.61. The summed E-state index contributed by atoms with van der Waals surface area (Å²) in [6, 6.07) is 5.88. The second-order valence-electron chi connectivity index (χ2n) is 5.84. The molecule has 0 aliphatic rings. The molecule has 0 atom stereocenters. The van der Waals surface area contributed by atoms with Gasteiger partial charge in [-0.1, -0.05) is 6.07 Å². The summed E-state index contributed by atoms with van der Waals surface area (Å²) in [4.78, 5) is 4.06. The van der Waals surface area contributed by atoms with Crippen molar-refractivity contribution in [1.29, 1.82) is 0 Å². The van der Waals surface area contributed by atoms with Crippen molar-refractivity contribution in [2.45, 2.75) is 19.0 Å². The minimum atomic E-state index is -4.62. The summed E-state index contributed by atoms with van der Waals surface area (Å²) in [7, 11) is 2.57. The molecule has 29 heavy (non-hydrogen) atoms. The van der Waals surface area contributed by atoms with Gasteiger partial charge >= 0.3 is 12.4 Å². The van der Waals surface area contributed by atoms with Gasteiger partial charge in [0.15, 0.2) is 11.4 Å². The fraction of sp³-hybridized carbons (Fsp3) is 0.312. The van der Waals surface area contributed by atoms with Crippen LogP contribution in [0.25, 0.3) is 0 Å². The van der Waals surface area contributed by atoms with Gasteiger partial charge in [-0.15, -0.1) is 0 Å². The lowest BCUT2D eigenvalue weighted by atomic mass is 10.3. The van der Waals surface area contributed by atoms with Gasteiger partial charge in [-0.25, -0.2) is 14.3 Å². The zero-order valence-electron chi connectivity index (χ0n) is 14.9. The Morgan fingerprint density at radius 2 is 1.41 bits per heavy atom. The number of alkyl halides is 6. The predicted molar refractivity (Wildman–Crippen MR) is 85.1 cm³/mol. The average molecular weight is 421 g/mol. The number of aryl methyl sites for hydroxylation is 2. The standard InChI is InChI=1S/C16H13F6N5O2/c1-26-13(6-10(24-26)15(17,18)19)28-8-9-4-3-5-12(23-9)29-14-7-11(16(20,21)22)25-27(14)2/h3-7H,8H2,1-2H3. The number of halogens is 6. The molecule has 0 aliphatic carbocycles. The van der Waals surface area contributed by atoms with Gasteiger partial charge in [-0.3, -0.25) is 0 Å². The molecule has 0 aromatic carbocycles. The van der Waals surface area contributed by atoms with E-state index < -0.39 is 23.7 Å². The number of hydrogen-bond acceptors (Lipinski definition) is 5. The summed E-state index contributed by atoms with van der Waals surface area (Å²) < 4.78 is 88.6. The van der Waals surface area contributed by atoms with Crippen molar-refractivity contribution >= 4 is 0 Å². The van der Waals surface area contributed by atoms with E-state index in [1.165, 1.54) is 32.3 Å². The maximum Gasteiger partial charge on any atom is 0.435 e. The van der Waals surface area contributed by atoms with Crippen LogP contribution in [0.3, 0.4) is 0 Å². The van der Waals surface area contributed by atoms with Crippen molar-refractivity contribution in [3.05, 3.63) is 47.4 Å². The zero-order valence-corrected chi connectivity index (χ0v) is 14.9. The van der Waals surface area contributed by atoms with Crippen LogP contribution in [0.5, 0.6) is 17.6 Å². The quantitative estimate of drug-likeness (QED) is 0.584. The molecule has 0 saturated carbocycles. The summed E-state index contributed by atoms with van der Waals surface area (Å²) in [6.07, 6.45) is -9.23. The molecule has 0 fully saturated rings. The van der Waals surface area contributed by atoms with E-state index in [4.69, 9.17) is 9.47 Å². The number of pyridine rings is 1. The molecular weight excluding hydrogens is 408 g/mol. The van der Waals surface area contributed by atoms with Crippen LogP contribution in [-0.4, -0.2) is 24.5 Å². The number of ether oxygens (including phenoxy) is 2. The summed E-state index contributed by atoms with van der Waals surface area (Å²) in [5.74, 6) is -0.361. The van der Waals surface area contributed by atoms with Crippen LogP contribution in [0.4, 0.5) is 26.3 Å². The highest BCUT2D eigenvalue weighted by Gasteiger charge is 2.35. The van der Waals surface area contributed by atoms with E-state index in [1.807, 2.05) is 0 Å². The summed E-state index contributed by atoms with van der Waals surface area (Å²) in [6.45, 7) is -0.215. The van der Waals surface area contributed by atoms with E-state index in [1.54, 1.807) is 0 Å². The average Bonchev–Trinajstić information content (AvgIpc) is 3.16. The van der Waals surface area contributed by atoms with Gasteiger partial charge in [0, 0.05) is 32.3 Å². The van der Waals surface area contributed by atoms with Gasteiger partial charge in [0.1, 0.15) is 6.61 Å². The Labute approximate surface area is 159 Å². The Bertz CT molecular complexity index is 1010. The van der Waals surface area contributed by atoms with Crippen LogP contribution in [0.2, 0.25) is 0 Å². The lowest BCUT2D eigenvalue weighted by Gasteiger charge is -2.08. The Kier molecular flexibility index (Phi) is 5.15. The lowest BCUT2D eigenvalue weighted by Crippen LogP contribution is -2.06. The first kappa shape index (κ1) is 20.5. The van der Waals surface area contributed by atoms with Crippen molar-refractivity contribution in [1.82, 2.24) is 24.5 Å². The Hall–Kier alpha value is -3.25. The van der Waals surface area contributed by atoms with Crippen molar-refractivity contribution < 1.29 is 35.8 Å². The van der Waals surface area contributed by atoms with E-state index in [-0.39, 0.29) is 29.9 Å². The van der Waals surface area contributed by atoms with Crippen LogP contribution in [-0.2, 0) is 33.1 Å². The molecule has 3 rings (SSSR count). The number of rotatable bonds is 5. The number of nitrogens with zero attached hydrogens (tertiary/aromatic N) is 5. The minimum Gasteiger partial charge on any atom is -0.471 e. The monoisotopic (exact) mass is 421 g/mol. The highest BCUT2D eigenvalue weighted by Crippen LogP contribution is 2.32. The fourth-order valence-electron chi connectivity index (χ4n) is 2.26. The molecule has 0 amide bonds. The van der Waals surface area contributed by atoms with Crippen LogP contribution in [0.15, 0.2) is 30.3 Å². The minimum absolute atomic E-state index is 0.0381. The summed E-state index contributed by atoms with van der Waals surface area (Å²) >= 11 is 0. The van der Waals surface area contributed by atoms with Gasteiger partial charge in [-0.05, 0) is 6.07 Å². The highest BCUT2D eigenvalue weighted by atomic mass is 19.4. The van der Waals surface area contributed by atoms with Gasteiger partial charge in [0.25, 0.3) is 0 Å².